The quantitative estimate of drug-likeness (QED) is 0.805. The van der Waals surface area contributed by atoms with Gasteiger partial charge in [0.2, 0.25) is 5.91 Å². The van der Waals surface area contributed by atoms with E-state index >= 15 is 0 Å². The molecule has 0 radical (unpaired) electrons. The maximum atomic E-state index is 12.0. The van der Waals surface area contributed by atoms with Crippen LogP contribution in [0.4, 0.5) is 0 Å². The fourth-order valence-electron chi connectivity index (χ4n) is 1.94. The summed E-state index contributed by atoms with van der Waals surface area (Å²) in [5.74, 6) is -0.259. The van der Waals surface area contributed by atoms with Gasteiger partial charge in [-0.25, -0.2) is 0 Å². The summed E-state index contributed by atoms with van der Waals surface area (Å²) < 4.78 is 0. The van der Waals surface area contributed by atoms with Crippen molar-refractivity contribution in [3.8, 4) is 0 Å². The molecule has 0 aromatic carbocycles. The third kappa shape index (κ3) is 8.76. The highest BCUT2D eigenvalue weighted by Gasteiger charge is 2.27. The molecule has 0 heterocycles. The number of amides is 1. The van der Waals surface area contributed by atoms with Crippen LogP contribution >= 0.6 is 0 Å². The lowest BCUT2D eigenvalue weighted by Crippen LogP contribution is -2.50. The van der Waals surface area contributed by atoms with Crippen molar-refractivity contribution in [3.63, 3.8) is 0 Å². The average molecular weight is 270 g/mol. The van der Waals surface area contributed by atoms with E-state index in [4.69, 9.17) is 5.73 Å². The molecule has 0 rings (SSSR count). The molecule has 3 N–H and O–H groups in total. The fraction of sp³-hybridized carbons (Fsp3) is 0.867. The number of ketones is 1. The first-order chi connectivity index (χ1) is 8.32. The molecule has 0 aromatic heterocycles. The second-order valence-corrected chi connectivity index (χ2v) is 7.81. The topological polar surface area (TPSA) is 72.2 Å². The van der Waals surface area contributed by atoms with Crippen LogP contribution in [0.2, 0.25) is 0 Å². The maximum absolute atomic E-state index is 12.0. The van der Waals surface area contributed by atoms with Crippen LogP contribution in [0.5, 0.6) is 0 Å². The van der Waals surface area contributed by atoms with Crippen LogP contribution in [-0.4, -0.2) is 23.8 Å². The van der Waals surface area contributed by atoms with Gasteiger partial charge in [0.05, 0.1) is 12.1 Å². The molecule has 0 bridgehead atoms. The Morgan fingerprint density at radius 2 is 1.42 bits per heavy atom. The van der Waals surface area contributed by atoms with Crippen molar-refractivity contribution < 1.29 is 9.59 Å². The summed E-state index contributed by atoms with van der Waals surface area (Å²) in [5, 5.41) is 2.78. The Labute approximate surface area is 117 Å². The molecule has 112 valence electrons. The Hall–Kier alpha value is -0.900. The van der Waals surface area contributed by atoms with E-state index < -0.39 is 12.1 Å². The van der Waals surface area contributed by atoms with Crippen LogP contribution in [0.3, 0.4) is 0 Å². The van der Waals surface area contributed by atoms with Gasteiger partial charge in [-0.1, -0.05) is 41.5 Å². The molecular weight excluding hydrogens is 240 g/mol. The smallest absolute Gasteiger partial charge is 0.237 e. The Bertz CT molecular complexity index is 324. The van der Waals surface area contributed by atoms with Crippen LogP contribution in [0, 0.1) is 10.8 Å². The Balaban J connectivity index is 4.60. The summed E-state index contributed by atoms with van der Waals surface area (Å²) in [6, 6.07) is -1.01. The van der Waals surface area contributed by atoms with Crippen LogP contribution in [-0.2, 0) is 9.59 Å². The van der Waals surface area contributed by atoms with Gasteiger partial charge >= 0.3 is 0 Å². The van der Waals surface area contributed by atoms with E-state index in [1.807, 2.05) is 41.5 Å². The van der Waals surface area contributed by atoms with Crippen molar-refractivity contribution in [2.24, 2.45) is 16.6 Å². The van der Waals surface area contributed by atoms with Crippen LogP contribution in [0.15, 0.2) is 0 Å². The first kappa shape index (κ1) is 18.1. The summed E-state index contributed by atoms with van der Waals surface area (Å²) in [5.41, 5.74) is 5.87. The average Bonchev–Trinajstić information content (AvgIpc) is 2.11. The molecule has 0 aliphatic rings. The predicted octanol–water partition coefficient (Wildman–Crippen LogP) is 2.26. The molecule has 0 saturated heterocycles. The van der Waals surface area contributed by atoms with E-state index in [1.165, 1.54) is 6.92 Å². The van der Waals surface area contributed by atoms with Gasteiger partial charge < -0.3 is 11.1 Å². The largest absolute Gasteiger partial charge is 0.345 e. The highest BCUT2D eigenvalue weighted by molar-refractivity contribution is 5.89. The Morgan fingerprint density at radius 3 is 1.74 bits per heavy atom. The van der Waals surface area contributed by atoms with E-state index in [9.17, 15) is 9.59 Å². The van der Waals surface area contributed by atoms with E-state index in [2.05, 4.69) is 5.32 Å². The Morgan fingerprint density at radius 1 is 1.00 bits per heavy atom. The number of hydrogen-bond acceptors (Lipinski definition) is 3. The van der Waals surface area contributed by atoms with Crippen molar-refractivity contribution in [2.45, 2.75) is 73.4 Å². The molecular formula is C15H30N2O2. The fourth-order valence-corrected chi connectivity index (χ4v) is 1.94. The van der Waals surface area contributed by atoms with Gasteiger partial charge in [0.1, 0.15) is 0 Å². The number of carbonyl (C=O) groups excluding carboxylic acids is 2. The number of hydrogen-bond donors (Lipinski definition) is 2. The minimum Gasteiger partial charge on any atom is -0.345 e. The first-order valence-corrected chi connectivity index (χ1v) is 6.88. The first-order valence-electron chi connectivity index (χ1n) is 6.88. The molecule has 19 heavy (non-hydrogen) atoms. The van der Waals surface area contributed by atoms with E-state index in [0.29, 0.717) is 12.8 Å². The highest BCUT2D eigenvalue weighted by atomic mass is 16.2. The van der Waals surface area contributed by atoms with Gasteiger partial charge in [-0.2, -0.15) is 0 Å². The van der Waals surface area contributed by atoms with E-state index in [1.54, 1.807) is 0 Å². The van der Waals surface area contributed by atoms with Crippen LogP contribution in [0.25, 0.3) is 0 Å². The molecule has 4 nitrogen and oxygen atoms in total. The van der Waals surface area contributed by atoms with Crippen LogP contribution in [0.1, 0.15) is 61.3 Å². The summed E-state index contributed by atoms with van der Waals surface area (Å²) in [6.07, 6.45) is 1.22. The predicted molar refractivity (Wildman–Crippen MR) is 78.7 cm³/mol. The van der Waals surface area contributed by atoms with Crippen molar-refractivity contribution in [2.75, 3.05) is 0 Å². The zero-order valence-corrected chi connectivity index (χ0v) is 13.5. The summed E-state index contributed by atoms with van der Waals surface area (Å²) in [6.45, 7) is 13.8. The van der Waals surface area contributed by atoms with Gasteiger partial charge in [-0.3, -0.25) is 9.59 Å². The second kappa shape index (κ2) is 6.51. The number of nitrogens with one attached hydrogen (secondary N) is 1. The molecule has 2 atom stereocenters. The molecule has 0 unspecified atom stereocenters. The summed E-state index contributed by atoms with van der Waals surface area (Å²) in [7, 11) is 0. The molecule has 0 saturated carbocycles. The molecule has 0 aromatic rings. The van der Waals surface area contributed by atoms with Gasteiger partial charge in [-0.05, 0) is 30.6 Å². The van der Waals surface area contributed by atoms with E-state index in [-0.39, 0.29) is 22.5 Å². The molecule has 1 amide bonds. The lowest BCUT2D eigenvalue weighted by Gasteiger charge is -2.27. The summed E-state index contributed by atoms with van der Waals surface area (Å²) in [4.78, 5) is 23.6. The number of rotatable bonds is 5. The lowest BCUT2D eigenvalue weighted by atomic mass is 9.86. The highest BCUT2D eigenvalue weighted by Crippen LogP contribution is 2.22. The summed E-state index contributed by atoms with van der Waals surface area (Å²) >= 11 is 0. The van der Waals surface area contributed by atoms with E-state index in [0.717, 1.165) is 0 Å². The standard InChI is InChI=1S/C15H30N2O2/c1-10(18)12(9-15(5,6)7)17-13(19)11(16)8-14(2,3)4/h11-12H,8-9,16H2,1-7H3,(H,17,19)/t11-,12+/m1/s1. The van der Waals surface area contributed by atoms with Gasteiger partial charge in [0, 0.05) is 0 Å². The Kier molecular flexibility index (Phi) is 6.20. The SMILES string of the molecule is CC(=O)[C@H](CC(C)(C)C)NC(=O)[C@H](N)CC(C)(C)C. The lowest BCUT2D eigenvalue weighted by molar-refractivity contribution is -0.128. The molecule has 0 spiro atoms. The third-order valence-electron chi connectivity index (χ3n) is 2.79. The molecule has 0 aliphatic heterocycles. The second-order valence-electron chi connectivity index (χ2n) is 7.81. The molecule has 0 aliphatic carbocycles. The number of carbonyl (C=O) groups is 2. The van der Waals surface area contributed by atoms with Crippen LogP contribution < -0.4 is 11.1 Å². The normalized spacial score (nSPS) is 15.8. The maximum Gasteiger partial charge on any atom is 0.237 e. The minimum absolute atomic E-state index is 0.00744. The minimum atomic E-state index is -0.568. The van der Waals surface area contributed by atoms with Crippen molar-refractivity contribution >= 4 is 11.7 Å². The van der Waals surface area contributed by atoms with Crippen molar-refractivity contribution in [3.05, 3.63) is 0 Å². The van der Waals surface area contributed by atoms with Gasteiger partial charge in [-0.15, -0.1) is 0 Å². The zero-order valence-electron chi connectivity index (χ0n) is 13.5. The third-order valence-corrected chi connectivity index (χ3v) is 2.79. The number of nitrogens with two attached hydrogens (primary N) is 1. The zero-order chi connectivity index (χ0) is 15.4. The number of Topliss-reactive ketones (excluding diaryl/α,β-unsaturated/α-hetero) is 1. The van der Waals surface area contributed by atoms with Crippen molar-refractivity contribution in [1.29, 1.82) is 0 Å². The van der Waals surface area contributed by atoms with Gasteiger partial charge in [0.15, 0.2) is 5.78 Å². The monoisotopic (exact) mass is 270 g/mol. The van der Waals surface area contributed by atoms with Gasteiger partial charge in [0.25, 0.3) is 0 Å². The molecule has 0 fully saturated rings. The molecule has 4 heteroatoms. The van der Waals surface area contributed by atoms with Crippen molar-refractivity contribution in [1.82, 2.24) is 5.32 Å².